The molecule has 14 heteroatoms. The standard InChI is InChI=1S/C45H66N2O12/c1-30(48)34-15-16-35-33-14-13-32-25-43(4,19-20-44(32,5)36(33)17-18-45(34,35)6)59-39(51)29-56-40(52)42(2,3)58-38(50)27-47(21-23-54-7)22-24-55-37(49)26-46-41(53)57-28-31-11-9-8-10-12-31/h8-12,32-36H,13-29H2,1-7H3,(H,46,53)/t32-,33-,34+,35-,36-,43+,44-,45+/m0/s1. The smallest absolute Gasteiger partial charge is 0.407 e. The summed E-state index contributed by atoms with van der Waals surface area (Å²) in [5.74, 6) is -0.160. The molecule has 4 fully saturated rings. The fraction of sp³-hybridized carbons (Fsp3) is 0.733. The normalized spacial score (nSPS) is 29.9. The molecule has 4 saturated carbocycles. The minimum Gasteiger partial charge on any atom is -0.463 e. The molecule has 4 aliphatic carbocycles. The van der Waals surface area contributed by atoms with Gasteiger partial charge in [0.25, 0.3) is 0 Å². The third-order valence-corrected chi connectivity index (χ3v) is 14.2. The molecule has 1 aromatic rings. The highest BCUT2D eigenvalue weighted by atomic mass is 16.6. The maximum atomic E-state index is 13.1. The van der Waals surface area contributed by atoms with Crippen LogP contribution in [0.25, 0.3) is 0 Å². The predicted molar refractivity (Wildman–Crippen MR) is 215 cm³/mol. The summed E-state index contributed by atoms with van der Waals surface area (Å²) in [5.41, 5.74) is -1.30. The van der Waals surface area contributed by atoms with Gasteiger partial charge in [-0.25, -0.2) is 14.4 Å². The zero-order chi connectivity index (χ0) is 43.0. The Kier molecular flexibility index (Phi) is 15.3. The molecule has 8 atom stereocenters. The van der Waals surface area contributed by atoms with Gasteiger partial charge >= 0.3 is 30.0 Å². The predicted octanol–water partition coefficient (Wildman–Crippen LogP) is 5.82. The molecule has 14 nitrogen and oxygen atoms in total. The van der Waals surface area contributed by atoms with Crippen LogP contribution in [0.2, 0.25) is 0 Å². The maximum Gasteiger partial charge on any atom is 0.407 e. The minimum absolute atomic E-state index is 0.0561. The van der Waals surface area contributed by atoms with Crippen molar-refractivity contribution in [3.63, 3.8) is 0 Å². The fourth-order valence-corrected chi connectivity index (χ4v) is 11.1. The van der Waals surface area contributed by atoms with Gasteiger partial charge in [-0.2, -0.15) is 0 Å². The Morgan fingerprint density at radius 3 is 2.22 bits per heavy atom. The molecule has 59 heavy (non-hydrogen) atoms. The highest BCUT2D eigenvalue weighted by Gasteiger charge is 2.62. The first-order valence-electron chi connectivity index (χ1n) is 21.3. The quantitative estimate of drug-likeness (QED) is 0.139. The second-order valence-corrected chi connectivity index (χ2v) is 18.5. The van der Waals surface area contributed by atoms with Crippen molar-refractivity contribution < 1.29 is 57.2 Å². The average molecular weight is 827 g/mol. The second-order valence-electron chi connectivity index (χ2n) is 18.5. The molecule has 0 heterocycles. The summed E-state index contributed by atoms with van der Waals surface area (Å²) in [6.07, 6.45) is 8.32. The third-order valence-electron chi connectivity index (χ3n) is 14.2. The number of ketones is 1. The van der Waals surface area contributed by atoms with Crippen molar-refractivity contribution in [3.8, 4) is 0 Å². The van der Waals surface area contributed by atoms with Crippen LogP contribution in [0, 0.1) is 40.4 Å². The number of nitrogens with one attached hydrogen (secondary N) is 1. The summed E-state index contributed by atoms with van der Waals surface area (Å²) >= 11 is 0. The largest absolute Gasteiger partial charge is 0.463 e. The molecular formula is C45H66N2O12. The van der Waals surface area contributed by atoms with Crippen LogP contribution < -0.4 is 5.32 Å². The highest BCUT2D eigenvalue weighted by molar-refractivity contribution is 5.85. The van der Waals surface area contributed by atoms with Crippen molar-refractivity contribution in [1.29, 1.82) is 0 Å². The molecule has 328 valence electrons. The average Bonchev–Trinajstić information content (AvgIpc) is 3.55. The molecule has 1 aromatic carbocycles. The van der Waals surface area contributed by atoms with E-state index in [4.69, 9.17) is 28.4 Å². The summed E-state index contributed by atoms with van der Waals surface area (Å²) in [6.45, 7) is 10.8. The van der Waals surface area contributed by atoms with E-state index in [1.807, 2.05) is 25.1 Å². The van der Waals surface area contributed by atoms with Gasteiger partial charge in [-0.1, -0.05) is 44.2 Å². The van der Waals surface area contributed by atoms with Crippen molar-refractivity contribution in [3.05, 3.63) is 35.9 Å². The summed E-state index contributed by atoms with van der Waals surface area (Å²) in [7, 11) is 1.51. The van der Waals surface area contributed by atoms with E-state index in [0.717, 1.165) is 63.4 Å². The lowest BCUT2D eigenvalue weighted by Crippen LogP contribution is -2.56. The van der Waals surface area contributed by atoms with Crippen molar-refractivity contribution >= 4 is 35.8 Å². The van der Waals surface area contributed by atoms with Crippen LogP contribution in [0.1, 0.15) is 105 Å². The Hall–Kier alpha value is -4.04. The van der Waals surface area contributed by atoms with Gasteiger partial charge in [0.1, 0.15) is 31.1 Å². The van der Waals surface area contributed by atoms with Gasteiger partial charge in [0, 0.05) is 26.1 Å². The minimum atomic E-state index is -1.70. The van der Waals surface area contributed by atoms with Crippen LogP contribution >= 0.6 is 0 Å². The Bertz CT molecular complexity index is 1670. The first-order valence-corrected chi connectivity index (χ1v) is 21.3. The van der Waals surface area contributed by atoms with Gasteiger partial charge in [-0.15, -0.1) is 0 Å². The fourth-order valence-electron chi connectivity index (χ4n) is 11.1. The molecule has 0 saturated heterocycles. The number of rotatable bonds is 18. The zero-order valence-electron chi connectivity index (χ0n) is 36.1. The lowest BCUT2D eigenvalue weighted by Gasteiger charge is -2.62. The monoisotopic (exact) mass is 826 g/mol. The first kappa shape index (κ1) is 46.0. The molecule has 0 bridgehead atoms. The van der Waals surface area contributed by atoms with Crippen molar-refractivity contribution in [2.45, 2.75) is 117 Å². The second kappa shape index (κ2) is 19.6. The van der Waals surface area contributed by atoms with Gasteiger partial charge in [-0.05, 0) is 126 Å². The van der Waals surface area contributed by atoms with Gasteiger partial charge in [0.2, 0.25) is 5.60 Å². The third kappa shape index (κ3) is 11.4. The first-order chi connectivity index (χ1) is 27.9. The molecule has 0 unspecified atom stereocenters. The molecule has 0 aromatic heterocycles. The SMILES string of the molecule is COCCN(CCOC(=O)CNC(=O)OCc1ccccc1)CC(=O)OC(C)(C)C(=O)OCC(=O)O[C@]1(C)CC[C@@]2(C)[C@@H](CC[C@@H]3[C@@H]2CC[C@]2(C)[C@@H](C(C)=O)CC[C@@H]32)C1. The van der Waals surface area contributed by atoms with E-state index in [2.05, 4.69) is 19.2 Å². The number of carbonyl (C=O) groups is 6. The maximum absolute atomic E-state index is 13.1. The molecule has 1 N–H and O–H groups in total. The van der Waals surface area contributed by atoms with Crippen LogP contribution in [0.5, 0.6) is 0 Å². The topological polar surface area (TPSA) is 173 Å². The van der Waals surface area contributed by atoms with Crippen LogP contribution in [0.4, 0.5) is 4.79 Å². The van der Waals surface area contributed by atoms with E-state index in [0.29, 0.717) is 36.0 Å². The summed E-state index contributed by atoms with van der Waals surface area (Å²) < 4.78 is 32.3. The van der Waals surface area contributed by atoms with Crippen LogP contribution in [-0.4, -0.2) is 105 Å². The van der Waals surface area contributed by atoms with Crippen molar-refractivity contribution in [2.75, 3.05) is 53.1 Å². The summed E-state index contributed by atoms with van der Waals surface area (Å²) in [6, 6.07) is 9.10. The number of nitrogens with zero attached hydrogens (tertiary/aromatic N) is 1. The number of esters is 4. The van der Waals surface area contributed by atoms with E-state index in [1.165, 1.54) is 21.0 Å². The van der Waals surface area contributed by atoms with E-state index in [9.17, 15) is 28.8 Å². The number of benzene rings is 1. The van der Waals surface area contributed by atoms with E-state index >= 15 is 0 Å². The number of amides is 1. The number of carbonyl (C=O) groups excluding carboxylic acids is 6. The highest BCUT2D eigenvalue weighted by Crippen LogP contribution is 2.68. The van der Waals surface area contributed by atoms with Gasteiger partial charge in [-0.3, -0.25) is 19.3 Å². The van der Waals surface area contributed by atoms with Crippen LogP contribution in [0.3, 0.4) is 0 Å². The Labute approximate surface area is 349 Å². The zero-order valence-corrected chi connectivity index (χ0v) is 36.1. The lowest BCUT2D eigenvalue weighted by atomic mass is 9.44. The molecule has 5 rings (SSSR count). The van der Waals surface area contributed by atoms with E-state index in [-0.39, 0.29) is 49.7 Å². The Balaban J connectivity index is 1.02. The lowest BCUT2D eigenvalue weighted by molar-refractivity contribution is -0.191. The molecule has 4 aliphatic rings. The Morgan fingerprint density at radius 2 is 1.51 bits per heavy atom. The number of alkyl carbamates (subject to hydrolysis) is 1. The molecular weight excluding hydrogens is 760 g/mol. The van der Waals surface area contributed by atoms with Gasteiger partial charge < -0.3 is 33.7 Å². The number of ether oxygens (including phenoxy) is 6. The molecule has 0 aliphatic heterocycles. The number of hydrogen-bond acceptors (Lipinski definition) is 13. The summed E-state index contributed by atoms with van der Waals surface area (Å²) in [5, 5.41) is 2.34. The van der Waals surface area contributed by atoms with Crippen LogP contribution in [-0.2, 0) is 59.0 Å². The Morgan fingerprint density at radius 1 is 0.797 bits per heavy atom. The van der Waals surface area contributed by atoms with Crippen molar-refractivity contribution in [2.24, 2.45) is 40.4 Å². The van der Waals surface area contributed by atoms with Gasteiger partial charge in [0.15, 0.2) is 6.61 Å². The van der Waals surface area contributed by atoms with Gasteiger partial charge in [0.05, 0.1) is 13.2 Å². The molecule has 0 radical (unpaired) electrons. The number of Topliss-reactive ketones (excluding diaryl/α,β-unsaturated/α-hetero) is 1. The molecule has 0 spiro atoms. The van der Waals surface area contributed by atoms with E-state index in [1.54, 1.807) is 24.0 Å². The number of fused-ring (bicyclic) bond motifs is 5. The van der Waals surface area contributed by atoms with Crippen molar-refractivity contribution in [1.82, 2.24) is 10.2 Å². The summed E-state index contributed by atoms with van der Waals surface area (Å²) in [4.78, 5) is 77.5. The molecule has 1 amide bonds. The van der Waals surface area contributed by atoms with Crippen LogP contribution in [0.15, 0.2) is 30.3 Å². The number of methoxy groups -OCH3 is 1. The van der Waals surface area contributed by atoms with E-state index < -0.39 is 54.3 Å². The number of hydrogen-bond donors (Lipinski definition) is 1.